The molecule has 1 fully saturated rings. The maximum atomic E-state index is 11.1. The number of carbonyl (C=O) groups is 1. The summed E-state index contributed by atoms with van der Waals surface area (Å²) in [6.45, 7) is 5.06. The largest absolute Gasteiger partial charge is 0.369 e. The second-order valence-corrected chi connectivity index (χ2v) is 5.35. The number of benzene rings is 1. The lowest BCUT2D eigenvalue weighted by Gasteiger charge is -2.30. The molecule has 0 aromatic heterocycles. The maximum Gasteiger partial charge on any atom is 0.220 e. The summed E-state index contributed by atoms with van der Waals surface area (Å²) in [5, 5.41) is 0. The average molecular weight is 258 g/mol. The summed E-state index contributed by atoms with van der Waals surface area (Å²) in [5.41, 5.74) is 7.94. The standard InChI is InChI=1S/C16H22N2O/c1-13(11-14-5-3-2-4-6-14)12-18-9-7-15(8-10-18)16(17)19/h2-6,11,15H,7-10,12H2,1H3,(H2,17,19)/b13-11+. The summed E-state index contributed by atoms with van der Waals surface area (Å²) >= 11 is 0. The van der Waals surface area contributed by atoms with E-state index in [2.05, 4.69) is 42.2 Å². The van der Waals surface area contributed by atoms with Crippen LogP contribution in [0.5, 0.6) is 0 Å². The van der Waals surface area contributed by atoms with Gasteiger partial charge in [0.2, 0.25) is 5.91 Å². The minimum Gasteiger partial charge on any atom is -0.369 e. The number of likely N-dealkylation sites (tertiary alicyclic amines) is 1. The van der Waals surface area contributed by atoms with Crippen molar-refractivity contribution in [3.63, 3.8) is 0 Å². The fraction of sp³-hybridized carbons (Fsp3) is 0.438. The van der Waals surface area contributed by atoms with Crippen molar-refractivity contribution in [2.75, 3.05) is 19.6 Å². The van der Waals surface area contributed by atoms with Crippen molar-refractivity contribution in [1.29, 1.82) is 0 Å². The van der Waals surface area contributed by atoms with Crippen LogP contribution in [0.2, 0.25) is 0 Å². The van der Waals surface area contributed by atoms with Crippen molar-refractivity contribution >= 4 is 12.0 Å². The normalized spacial score (nSPS) is 18.5. The molecule has 19 heavy (non-hydrogen) atoms. The highest BCUT2D eigenvalue weighted by atomic mass is 16.1. The summed E-state index contributed by atoms with van der Waals surface area (Å²) in [5.74, 6) is -0.0640. The highest BCUT2D eigenvalue weighted by Gasteiger charge is 2.22. The molecule has 1 aromatic rings. The summed E-state index contributed by atoms with van der Waals surface area (Å²) in [6.07, 6.45) is 4.02. The lowest BCUT2D eigenvalue weighted by molar-refractivity contribution is -0.123. The third-order valence-electron chi connectivity index (χ3n) is 3.68. The smallest absolute Gasteiger partial charge is 0.220 e. The lowest BCUT2D eigenvalue weighted by Crippen LogP contribution is -2.39. The molecular weight excluding hydrogens is 236 g/mol. The minimum absolute atomic E-state index is 0.0784. The topological polar surface area (TPSA) is 46.3 Å². The molecule has 0 atom stereocenters. The van der Waals surface area contributed by atoms with Gasteiger partial charge in [0.25, 0.3) is 0 Å². The minimum atomic E-state index is -0.142. The van der Waals surface area contributed by atoms with Gasteiger partial charge in [-0.05, 0) is 38.4 Å². The van der Waals surface area contributed by atoms with Crippen molar-refractivity contribution in [3.05, 3.63) is 41.5 Å². The second kappa shape index (κ2) is 6.53. The van der Waals surface area contributed by atoms with Crippen LogP contribution in [0.4, 0.5) is 0 Å². The highest BCUT2D eigenvalue weighted by molar-refractivity contribution is 5.76. The van der Waals surface area contributed by atoms with Gasteiger partial charge < -0.3 is 5.73 Å². The Labute approximate surface area is 115 Å². The zero-order valence-corrected chi connectivity index (χ0v) is 11.5. The van der Waals surface area contributed by atoms with Gasteiger partial charge in [-0.15, -0.1) is 0 Å². The zero-order valence-electron chi connectivity index (χ0n) is 11.5. The van der Waals surface area contributed by atoms with Crippen molar-refractivity contribution in [3.8, 4) is 0 Å². The Morgan fingerprint density at radius 1 is 1.32 bits per heavy atom. The van der Waals surface area contributed by atoms with Gasteiger partial charge in [-0.3, -0.25) is 9.69 Å². The van der Waals surface area contributed by atoms with Gasteiger partial charge in [0.15, 0.2) is 0 Å². The van der Waals surface area contributed by atoms with E-state index in [9.17, 15) is 4.79 Å². The van der Waals surface area contributed by atoms with Crippen LogP contribution in [0, 0.1) is 5.92 Å². The quantitative estimate of drug-likeness (QED) is 0.900. The van der Waals surface area contributed by atoms with Gasteiger partial charge in [0.05, 0.1) is 0 Å². The summed E-state index contributed by atoms with van der Waals surface area (Å²) in [7, 11) is 0. The van der Waals surface area contributed by atoms with Gasteiger partial charge >= 0.3 is 0 Å². The summed E-state index contributed by atoms with van der Waals surface area (Å²) < 4.78 is 0. The third kappa shape index (κ3) is 4.21. The molecule has 0 aliphatic carbocycles. The highest BCUT2D eigenvalue weighted by Crippen LogP contribution is 2.18. The second-order valence-electron chi connectivity index (χ2n) is 5.35. The molecule has 0 radical (unpaired) electrons. The van der Waals surface area contributed by atoms with Crippen LogP contribution >= 0.6 is 0 Å². The van der Waals surface area contributed by atoms with Gasteiger partial charge in [-0.2, -0.15) is 0 Å². The number of hydrogen-bond donors (Lipinski definition) is 1. The van der Waals surface area contributed by atoms with E-state index in [0.717, 1.165) is 32.5 Å². The molecule has 3 heteroatoms. The van der Waals surface area contributed by atoms with Crippen LogP contribution in [-0.2, 0) is 4.79 Å². The predicted molar refractivity (Wildman–Crippen MR) is 78.5 cm³/mol. The molecular formula is C16H22N2O. The molecule has 0 bridgehead atoms. The fourth-order valence-corrected chi connectivity index (χ4v) is 2.61. The Balaban J connectivity index is 1.85. The molecule has 1 aliphatic heterocycles. The lowest BCUT2D eigenvalue weighted by atomic mass is 9.96. The molecule has 1 aliphatic rings. The van der Waals surface area contributed by atoms with Crippen molar-refractivity contribution in [1.82, 2.24) is 4.90 Å². The Kier molecular flexibility index (Phi) is 4.74. The van der Waals surface area contributed by atoms with E-state index in [4.69, 9.17) is 5.73 Å². The van der Waals surface area contributed by atoms with E-state index in [1.54, 1.807) is 0 Å². The third-order valence-corrected chi connectivity index (χ3v) is 3.68. The molecule has 1 amide bonds. The first kappa shape index (κ1) is 13.8. The average Bonchev–Trinajstić information content (AvgIpc) is 2.40. The monoisotopic (exact) mass is 258 g/mol. The number of nitrogens with zero attached hydrogens (tertiary/aromatic N) is 1. The fourth-order valence-electron chi connectivity index (χ4n) is 2.61. The van der Waals surface area contributed by atoms with Crippen LogP contribution < -0.4 is 5.73 Å². The molecule has 2 N–H and O–H groups in total. The summed E-state index contributed by atoms with van der Waals surface area (Å²) in [4.78, 5) is 13.5. The van der Waals surface area contributed by atoms with E-state index in [1.165, 1.54) is 11.1 Å². The van der Waals surface area contributed by atoms with Gasteiger partial charge in [-0.1, -0.05) is 42.0 Å². The molecule has 102 valence electrons. The molecule has 1 aromatic carbocycles. The summed E-state index contributed by atoms with van der Waals surface area (Å²) in [6, 6.07) is 10.4. The number of carbonyl (C=O) groups excluding carboxylic acids is 1. The van der Waals surface area contributed by atoms with Crippen LogP contribution in [0.25, 0.3) is 6.08 Å². The number of rotatable bonds is 4. The number of primary amides is 1. The molecule has 2 rings (SSSR count). The first-order valence-electron chi connectivity index (χ1n) is 6.89. The predicted octanol–water partition coefficient (Wildman–Crippen LogP) is 2.29. The first-order chi connectivity index (χ1) is 9.15. The first-order valence-corrected chi connectivity index (χ1v) is 6.89. The number of amides is 1. The van der Waals surface area contributed by atoms with E-state index >= 15 is 0 Å². The molecule has 0 spiro atoms. The van der Waals surface area contributed by atoms with Crippen LogP contribution in [-0.4, -0.2) is 30.4 Å². The number of hydrogen-bond acceptors (Lipinski definition) is 2. The van der Waals surface area contributed by atoms with Gasteiger partial charge in [0, 0.05) is 12.5 Å². The SMILES string of the molecule is C/C(=C\c1ccccc1)CN1CCC(C(N)=O)CC1. The Morgan fingerprint density at radius 2 is 1.95 bits per heavy atom. The van der Waals surface area contributed by atoms with Gasteiger partial charge in [-0.25, -0.2) is 0 Å². The van der Waals surface area contributed by atoms with Crippen LogP contribution in [0.3, 0.4) is 0 Å². The molecule has 3 nitrogen and oxygen atoms in total. The Bertz CT molecular complexity index is 445. The zero-order chi connectivity index (χ0) is 13.7. The molecule has 1 saturated heterocycles. The van der Waals surface area contributed by atoms with Crippen molar-refractivity contribution < 1.29 is 4.79 Å². The maximum absolute atomic E-state index is 11.1. The van der Waals surface area contributed by atoms with E-state index in [0.29, 0.717) is 0 Å². The van der Waals surface area contributed by atoms with E-state index in [1.807, 2.05) is 6.07 Å². The van der Waals surface area contributed by atoms with Crippen molar-refractivity contribution in [2.24, 2.45) is 11.7 Å². The molecule has 1 heterocycles. The van der Waals surface area contributed by atoms with Crippen LogP contribution in [0.15, 0.2) is 35.9 Å². The van der Waals surface area contributed by atoms with E-state index in [-0.39, 0.29) is 11.8 Å². The Hall–Kier alpha value is -1.61. The molecule has 0 saturated carbocycles. The van der Waals surface area contributed by atoms with Gasteiger partial charge in [0.1, 0.15) is 0 Å². The number of piperidine rings is 1. The van der Waals surface area contributed by atoms with E-state index < -0.39 is 0 Å². The Morgan fingerprint density at radius 3 is 2.53 bits per heavy atom. The molecule has 0 unspecified atom stereocenters. The van der Waals surface area contributed by atoms with Crippen molar-refractivity contribution in [2.45, 2.75) is 19.8 Å². The van der Waals surface area contributed by atoms with Crippen LogP contribution in [0.1, 0.15) is 25.3 Å². The number of nitrogens with two attached hydrogens (primary N) is 1.